The van der Waals surface area contributed by atoms with Gasteiger partial charge in [-0.05, 0) is 38.1 Å². The Bertz CT molecular complexity index is 276. The third-order valence-electron chi connectivity index (χ3n) is 3.61. The lowest BCUT2D eigenvalue weighted by Crippen LogP contribution is -2.25. The minimum absolute atomic E-state index is 0.0612. The van der Waals surface area contributed by atoms with Crippen molar-refractivity contribution in [2.24, 2.45) is 17.6 Å². The number of carboxylic acid groups (broad SMARTS) is 1. The van der Waals surface area contributed by atoms with E-state index in [1.54, 1.807) is 6.92 Å². The van der Waals surface area contributed by atoms with E-state index in [1.807, 2.05) is 0 Å². The normalized spacial score (nSPS) is 13.8. The van der Waals surface area contributed by atoms with E-state index in [0.717, 1.165) is 25.7 Å². The zero-order chi connectivity index (χ0) is 15.4. The SMILES string of the molecule is CCCC(CCN)CCC(=O)NCCCC(C)C(=O)O. The van der Waals surface area contributed by atoms with Crippen LogP contribution in [0.4, 0.5) is 0 Å². The molecule has 0 aromatic carbocycles. The molecule has 0 fully saturated rings. The molecule has 0 saturated carbocycles. The number of amides is 1. The van der Waals surface area contributed by atoms with E-state index < -0.39 is 5.97 Å². The van der Waals surface area contributed by atoms with Crippen molar-refractivity contribution in [2.45, 2.75) is 58.8 Å². The van der Waals surface area contributed by atoms with Crippen LogP contribution in [0.3, 0.4) is 0 Å². The Morgan fingerprint density at radius 3 is 2.45 bits per heavy atom. The summed E-state index contributed by atoms with van der Waals surface area (Å²) < 4.78 is 0. The van der Waals surface area contributed by atoms with Crippen LogP contribution in [0.5, 0.6) is 0 Å². The van der Waals surface area contributed by atoms with Crippen LogP contribution in [0, 0.1) is 11.8 Å². The van der Waals surface area contributed by atoms with Gasteiger partial charge < -0.3 is 16.2 Å². The number of aliphatic carboxylic acids is 1. The van der Waals surface area contributed by atoms with Gasteiger partial charge in [-0.15, -0.1) is 0 Å². The molecule has 5 nitrogen and oxygen atoms in total. The summed E-state index contributed by atoms with van der Waals surface area (Å²) in [5.74, 6) is -0.514. The van der Waals surface area contributed by atoms with Crippen LogP contribution in [-0.2, 0) is 9.59 Å². The van der Waals surface area contributed by atoms with Gasteiger partial charge in [-0.25, -0.2) is 0 Å². The fraction of sp³-hybridized carbons (Fsp3) is 0.867. The van der Waals surface area contributed by atoms with E-state index in [0.29, 0.717) is 38.3 Å². The molecular formula is C15H30N2O3. The molecule has 5 heteroatoms. The Kier molecular flexibility index (Phi) is 11.1. The van der Waals surface area contributed by atoms with Gasteiger partial charge >= 0.3 is 5.97 Å². The monoisotopic (exact) mass is 286 g/mol. The topological polar surface area (TPSA) is 92.4 Å². The molecule has 0 aromatic heterocycles. The lowest BCUT2D eigenvalue weighted by Gasteiger charge is -2.14. The highest BCUT2D eigenvalue weighted by molar-refractivity contribution is 5.75. The van der Waals surface area contributed by atoms with Crippen LogP contribution in [-0.4, -0.2) is 30.1 Å². The van der Waals surface area contributed by atoms with Crippen LogP contribution >= 0.6 is 0 Å². The number of carbonyl (C=O) groups excluding carboxylic acids is 1. The molecule has 1 amide bonds. The number of carbonyl (C=O) groups is 2. The first-order valence-corrected chi connectivity index (χ1v) is 7.70. The fourth-order valence-corrected chi connectivity index (χ4v) is 2.26. The molecule has 0 radical (unpaired) electrons. The highest BCUT2D eigenvalue weighted by Crippen LogP contribution is 2.16. The maximum Gasteiger partial charge on any atom is 0.306 e. The summed E-state index contributed by atoms with van der Waals surface area (Å²) >= 11 is 0. The predicted molar refractivity (Wildman–Crippen MR) is 80.3 cm³/mol. The van der Waals surface area contributed by atoms with Crippen molar-refractivity contribution in [1.82, 2.24) is 5.32 Å². The van der Waals surface area contributed by atoms with Gasteiger partial charge in [-0.1, -0.05) is 26.7 Å². The molecule has 0 aliphatic carbocycles. The zero-order valence-corrected chi connectivity index (χ0v) is 12.9. The standard InChI is InChI=1S/C15H30N2O3/c1-3-5-13(9-10-16)7-8-14(18)17-11-4-6-12(2)15(19)20/h12-13H,3-11,16H2,1-2H3,(H,17,18)(H,19,20). The molecule has 0 spiro atoms. The number of hydrogen-bond acceptors (Lipinski definition) is 3. The van der Waals surface area contributed by atoms with Gasteiger partial charge in [0.05, 0.1) is 5.92 Å². The van der Waals surface area contributed by atoms with E-state index in [1.165, 1.54) is 0 Å². The van der Waals surface area contributed by atoms with E-state index in [9.17, 15) is 9.59 Å². The van der Waals surface area contributed by atoms with E-state index in [2.05, 4.69) is 12.2 Å². The number of hydrogen-bond donors (Lipinski definition) is 3. The summed E-state index contributed by atoms with van der Waals surface area (Å²) in [5.41, 5.74) is 5.57. The molecule has 4 N–H and O–H groups in total. The Balaban J connectivity index is 3.69. The Morgan fingerprint density at radius 1 is 1.20 bits per heavy atom. The quantitative estimate of drug-likeness (QED) is 0.479. The third-order valence-corrected chi connectivity index (χ3v) is 3.61. The van der Waals surface area contributed by atoms with Gasteiger partial charge in [0.25, 0.3) is 0 Å². The minimum Gasteiger partial charge on any atom is -0.481 e. The Hall–Kier alpha value is -1.10. The molecule has 0 bridgehead atoms. The molecule has 118 valence electrons. The zero-order valence-electron chi connectivity index (χ0n) is 12.9. The molecule has 2 unspecified atom stereocenters. The first-order chi connectivity index (χ1) is 9.51. The van der Waals surface area contributed by atoms with Crippen LogP contribution in [0.1, 0.15) is 58.8 Å². The van der Waals surface area contributed by atoms with Crippen LogP contribution in [0.15, 0.2) is 0 Å². The van der Waals surface area contributed by atoms with E-state index in [4.69, 9.17) is 10.8 Å². The molecule has 0 aliphatic rings. The summed E-state index contributed by atoms with van der Waals surface area (Å²) in [6, 6.07) is 0. The third kappa shape index (κ3) is 9.78. The molecule has 0 rings (SSSR count). The van der Waals surface area contributed by atoms with Gasteiger partial charge in [-0.2, -0.15) is 0 Å². The number of nitrogens with one attached hydrogen (secondary N) is 1. The van der Waals surface area contributed by atoms with Crippen molar-refractivity contribution in [2.75, 3.05) is 13.1 Å². The first-order valence-electron chi connectivity index (χ1n) is 7.70. The van der Waals surface area contributed by atoms with Crippen molar-refractivity contribution in [3.63, 3.8) is 0 Å². The molecule has 20 heavy (non-hydrogen) atoms. The average molecular weight is 286 g/mol. The summed E-state index contributed by atoms with van der Waals surface area (Å²) in [7, 11) is 0. The van der Waals surface area contributed by atoms with Gasteiger partial charge in [-0.3, -0.25) is 9.59 Å². The summed E-state index contributed by atoms with van der Waals surface area (Å²) in [6.45, 7) is 5.07. The molecule has 0 aliphatic heterocycles. The second kappa shape index (κ2) is 11.7. The van der Waals surface area contributed by atoms with Gasteiger partial charge in [0, 0.05) is 13.0 Å². The molecule has 2 atom stereocenters. The highest BCUT2D eigenvalue weighted by Gasteiger charge is 2.11. The fourth-order valence-electron chi connectivity index (χ4n) is 2.26. The molecule has 0 saturated heterocycles. The van der Waals surface area contributed by atoms with Crippen LogP contribution in [0.25, 0.3) is 0 Å². The maximum absolute atomic E-state index is 11.7. The van der Waals surface area contributed by atoms with Gasteiger partial charge in [0.1, 0.15) is 0 Å². The minimum atomic E-state index is -0.777. The van der Waals surface area contributed by atoms with Gasteiger partial charge in [0.15, 0.2) is 0 Å². The summed E-state index contributed by atoms with van der Waals surface area (Å²) in [6.07, 6.45) is 5.97. The highest BCUT2D eigenvalue weighted by atomic mass is 16.4. The summed E-state index contributed by atoms with van der Waals surface area (Å²) in [5, 5.41) is 11.6. The van der Waals surface area contributed by atoms with E-state index >= 15 is 0 Å². The number of nitrogens with two attached hydrogens (primary N) is 1. The predicted octanol–water partition coefficient (Wildman–Crippen LogP) is 2.15. The number of rotatable bonds is 12. The van der Waals surface area contributed by atoms with Crippen molar-refractivity contribution < 1.29 is 14.7 Å². The molecule has 0 aromatic rings. The second-order valence-electron chi connectivity index (χ2n) is 5.50. The lowest BCUT2D eigenvalue weighted by molar-refractivity contribution is -0.141. The largest absolute Gasteiger partial charge is 0.481 e. The smallest absolute Gasteiger partial charge is 0.306 e. The molecule has 0 heterocycles. The summed E-state index contributed by atoms with van der Waals surface area (Å²) in [4.78, 5) is 22.3. The first kappa shape index (κ1) is 18.9. The van der Waals surface area contributed by atoms with E-state index in [-0.39, 0.29) is 11.8 Å². The Morgan fingerprint density at radius 2 is 1.90 bits per heavy atom. The van der Waals surface area contributed by atoms with Crippen molar-refractivity contribution in [1.29, 1.82) is 0 Å². The Labute approximate surface area is 122 Å². The van der Waals surface area contributed by atoms with Crippen LogP contribution in [0.2, 0.25) is 0 Å². The van der Waals surface area contributed by atoms with Crippen molar-refractivity contribution in [3.8, 4) is 0 Å². The molecular weight excluding hydrogens is 256 g/mol. The van der Waals surface area contributed by atoms with Crippen molar-refractivity contribution in [3.05, 3.63) is 0 Å². The number of carboxylic acids is 1. The van der Waals surface area contributed by atoms with Crippen molar-refractivity contribution >= 4 is 11.9 Å². The van der Waals surface area contributed by atoms with Gasteiger partial charge in [0.2, 0.25) is 5.91 Å². The van der Waals surface area contributed by atoms with Crippen LogP contribution < -0.4 is 11.1 Å². The lowest BCUT2D eigenvalue weighted by atomic mass is 9.94. The maximum atomic E-state index is 11.7. The second-order valence-corrected chi connectivity index (χ2v) is 5.50. The average Bonchev–Trinajstić information content (AvgIpc) is 2.41.